The summed E-state index contributed by atoms with van der Waals surface area (Å²) >= 11 is 6.26. The lowest BCUT2D eigenvalue weighted by atomic mass is 10.1. The van der Waals surface area contributed by atoms with E-state index in [1.807, 2.05) is 52.0 Å². The number of carbonyl (C=O) groups is 3. The van der Waals surface area contributed by atoms with E-state index in [0.29, 0.717) is 16.9 Å². The Morgan fingerprint density at radius 2 is 1.53 bits per heavy atom. The number of amides is 3. The third-order valence-electron chi connectivity index (χ3n) is 5.52. The predicted octanol–water partition coefficient (Wildman–Crippen LogP) is 5.61. The molecule has 2 N–H and O–H groups in total. The standard InChI is InChI=1S/C27H24ClN3O3/c1-15-8-9-22(18(4)11-15)30-25(32)19-6-5-7-20(14-19)29-24-23(28)26(33)31(27(24)34)21-12-16(2)10-17(3)13-21/h5-14,29H,1-4H3,(H,30,32). The molecule has 6 nitrogen and oxygen atoms in total. The molecular formula is C27H24ClN3O3. The SMILES string of the molecule is Cc1cc(C)cc(N2C(=O)C(Cl)=C(Nc3cccc(C(=O)Nc4ccc(C)cc4C)c3)C2=O)c1. The smallest absolute Gasteiger partial charge is 0.283 e. The molecule has 0 saturated heterocycles. The van der Waals surface area contributed by atoms with Crippen molar-refractivity contribution in [1.82, 2.24) is 0 Å². The molecule has 0 saturated carbocycles. The van der Waals surface area contributed by atoms with Gasteiger partial charge in [0.1, 0.15) is 10.7 Å². The topological polar surface area (TPSA) is 78.5 Å². The summed E-state index contributed by atoms with van der Waals surface area (Å²) in [5.74, 6) is -1.44. The van der Waals surface area contributed by atoms with Crippen LogP contribution in [0.3, 0.4) is 0 Å². The molecule has 0 unspecified atom stereocenters. The van der Waals surface area contributed by atoms with Crippen LogP contribution >= 0.6 is 11.6 Å². The highest BCUT2D eigenvalue weighted by atomic mass is 35.5. The van der Waals surface area contributed by atoms with Crippen molar-refractivity contribution < 1.29 is 14.4 Å². The molecule has 1 aliphatic rings. The molecule has 3 aromatic rings. The quantitative estimate of drug-likeness (QED) is 0.472. The second kappa shape index (κ2) is 9.15. The number of nitrogens with one attached hydrogen (secondary N) is 2. The average Bonchev–Trinajstić information content (AvgIpc) is 2.98. The molecule has 0 aliphatic carbocycles. The van der Waals surface area contributed by atoms with Crippen LogP contribution in [0, 0.1) is 27.7 Å². The molecule has 0 radical (unpaired) electrons. The van der Waals surface area contributed by atoms with E-state index < -0.39 is 11.8 Å². The monoisotopic (exact) mass is 473 g/mol. The Balaban J connectivity index is 1.56. The number of imide groups is 1. The minimum Gasteiger partial charge on any atom is -0.350 e. The van der Waals surface area contributed by atoms with Gasteiger partial charge in [-0.1, -0.05) is 41.4 Å². The lowest BCUT2D eigenvalue weighted by Gasteiger charge is -2.16. The van der Waals surface area contributed by atoms with E-state index in [4.69, 9.17) is 11.6 Å². The van der Waals surface area contributed by atoms with E-state index in [2.05, 4.69) is 10.6 Å². The maximum Gasteiger partial charge on any atom is 0.283 e. The van der Waals surface area contributed by atoms with Gasteiger partial charge >= 0.3 is 0 Å². The summed E-state index contributed by atoms with van der Waals surface area (Å²) in [5, 5.41) is 5.64. The van der Waals surface area contributed by atoms with Gasteiger partial charge in [0.25, 0.3) is 17.7 Å². The van der Waals surface area contributed by atoms with Crippen molar-refractivity contribution in [2.75, 3.05) is 15.5 Å². The van der Waals surface area contributed by atoms with Gasteiger partial charge in [-0.25, -0.2) is 4.90 Å². The van der Waals surface area contributed by atoms with Crippen LogP contribution < -0.4 is 15.5 Å². The number of aryl methyl sites for hydroxylation is 4. The van der Waals surface area contributed by atoms with Crippen molar-refractivity contribution in [1.29, 1.82) is 0 Å². The fourth-order valence-corrected chi connectivity index (χ4v) is 4.17. The van der Waals surface area contributed by atoms with E-state index in [-0.39, 0.29) is 16.6 Å². The molecule has 0 aromatic heterocycles. The highest BCUT2D eigenvalue weighted by Gasteiger charge is 2.39. The Hall–Kier alpha value is -3.90. The summed E-state index contributed by atoms with van der Waals surface area (Å²) in [7, 11) is 0. The molecule has 172 valence electrons. The first-order valence-electron chi connectivity index (χ1n) is 10.8. The lowest BCUT2D eigenvalue weighted by Crippen LogP contribution is -2.32. The third-order valence-corrected chi connectivity index (χ3v) is 5.87. The van der Waals surface area contributed by atoms with Gasteiger partial charge < -0.3 is 10.6 Å². The van der Waals surface area contributed by atoms with Crippen LogP contribution in [-0.2, 0) is 9.59 Å². The van der Waals surface area contributed by atoms with Gasteiger partial charge in [0.15, 0.2) is 0 Å². The van der Waals surface area contributed by atoms with Crippen molar-refractivity contribution in [3.63, 3.8) is 0 Å². The van der Waals surface area contributed by atoms with Gasteiger partial charge in [-0.05, 0) is 80.8 Å². The first kappa shape index (κ1) is 23.3. The molecule has 1 aliphatic heterocycles. The number of benzene rings is 3. The van der Waals surface area contributed by atoms with Crippen molar-refractivity contribution in [3.05, 3.63) is 99.2 Å². The predicted molar refractivity (Wildman–Crippen MR) is 135 cm³/mol. The van der Waals surface area contributed by atoms with Crippen LogP contribution in [0.4, 0.5) is 17.1 Å². The number of hydrogen-bond acceptors (Lipinski definition) is 4. The largest absolute Gasteiger partial charge is 0.350 e. The number of nitrogens with zero attached hydrogens (tertiary/aromatic N) is 1. The highest BCUT2D eigenvalue weighted by Crippen LogP contribution is 2.31. The van der Waals surface area contributed by atoms with Crippen molar-refractivity contribution in [2.24, 2.45) is 0 Å². The Morgan fingerprint density at radius 1 is 0.824 bits per heavy atom. The fraction of sp³-hybridized carbons (Fsp3) is 0.148. The molecule has 0 bridgehead atoms. The normalized spacial score (nSPS) is 13.5. The molecule has 3 amide bonds. The summed E-state index contributed by atoms with van der Waals surface area (Å²) < 4.78 is 0. The molecule has 1 heterocycles. The van der Waals surface area contributed by atoms with Gasteiger partial charge in [-0.2, -0.15) is 0 Å². The maximum atomic E-state index is 13.1. The second-order valence-electron chi connectivity index (χ2n) is 8.46. The van der Waals surface area contributed by atoms with Gasteiger partial charge in [0.2, 0.25) is 0 Å². The minimum absolute atomic E-state index is 0.0298. The number of halogens is 1. The van der Waals surface area contributed by atoms with Gasteiger partial charge in [-0.3, -0.25) is 14.4 Å². The van der Waals surface area contributed by atoms with E-state index in [9.17, 15) is 14.4 Å². The van der Waals surface area contributed by atoms with Gasteiger partial charge in [-0.15, -0.1) is 0 Å². The zero-order chi connectivity index (χ0) is 24.6. The van der Waals surface area contributed by atoms with Crippen molar-refractivity contribution in [3.8, 4) is 0 Å². The highest BCUT2D eigenvalue weighted by molar-refractivity contribution is 6.53. The first-order valence-corrected chi connectivity index (χ1v) is 11.1. The van der Waals surface area contributed by atoms with Crippen LogP contribution in [-0.4, -0.2) is 17.7 Å². The van der Waals surface area contributed by atoms with Crippen molar-refractivity contribution in [2.45, 2.75) is 27.7 Å². The maximum absolute atomic E-state index is 13.1. The average molecular weight is 474 g/mol. The summed E-state index contributed by atoms with van der Waals surface area (Å²) in [4.78, 5) is 39.8. The zero-order valence-corrected chi connectivity index (χ0v) is 20.1. The zero-order valence-electron chi connectivity index (χ0n) is 19.3. The number of rotatable bonds is 5. The van der Waals surface area contributed by atoms with Crippen LogP contribution in [0.15, 0.2) is 71.4 Å². The third kappa shape index (κ3) is 4.58. The van der Waals surface area contributed by atoms with E-state index in [1.54, 1.807) is 36.4 Å². The molecule has 34 heavy (non-hydrogen) atoms. The van der Waals surface area contributed by atoms with E-state index >= 15 is 0 Å². The number of hydrogen-bond donors (Lipinski definition) is 2. The minimum atomic E-state index is -0.595. The Kier molecular flexibility index (Phi) is 6.26. The van der Waals surface area contributed by atoms with Crippen LogP contribution in [0.1, 0.15) is 32.6 Å². The van der Waals surface area contributed by atoms with E-state index in [0.717, 1.165) is 32.8 Å². The molecule has 4 rings (SSSR count). The molecule has 0 spiro atoms. The van der Waals surface area contributed by atoms with Crippen LogP contribution in [0.25, 0.3) is 0 Å². The Labute approximate surface area is 203 Å². The summed E-state index contributed by atoms with van der Waals surface area (Å²) in [6, 6.07) is 17.9. The number of anilines is 3. The molecule has 3 aromatic carbocycles. The summed E-state index contributed by atoms with van der Waals surface area (Å²) in [5.41, 5.74) is 5.93. The molecule has 0 atom stereocenters. The lowest BCUT2D eigenvalue weighted by molar-refractivity contribution is -0.120. The van der Waals surface area contributed by atoms with Crippen molar-refractivity contribution >= 4 is 46.4 Å². The van der Waals surface area contributed by atoms with Crippen LogP contribution in [0.2, 0.25) is 0 Å². The molecular weight excluding hydrogens is 450 g/mol. The molecule has 7 heteroatoms. The Morgan fingerprint density at radius 3 is 2.21 bits per heavy atom. The second-order valence-corrected chi connectivity index (χ2v) is 8.84. The Bertz CT molecular complexity index is 1360. The van der Waals surface area contributed by atoms with Gasteiger partial charge in [0.05, 0.1) is 5.69 Å². The summed E-state index contributed by atoms with van der Waals surface area (Å²) in [6.45, 7) is 7.71. The number of carbonyl (C=O) groups excluding carboxylic acids is 3. The van der Waals surface area contributed by atoms with E-state index in [1.165, 1.54) is 0 Å². The van der Waals surface area contributed by atoms with Crippen LogP contribution in [0.5, 0.6) is 0 Å². The first-order chi connectivity index (χ1) is 16.1. The molecule has 0 fully saturated rings. The fourth-order valence-electron chi connectivity index (χ4n) is 3.96. The summed E-state index contributed by atoms with van der Waals surface area (Å²) in [6.07, 6.45) is 0. The van der Waals surface area contributed by atoms with Gasteiger partial charge in [0, 0.05) is 16.9 Å².